The second kappa shape index (κ2) is 9.18. The van der Waals surface area contributed by atoms with Crippen LogP contribution < -0.4 is 20.1 Å². The first-order chi connectivity index (χ1) is 17.1. The van der Waals surface area contributed by atoms with Gasteiger partial charge in [-0.15, -0.1) is 0 Å². The second-order valence-electron chi connectivity index (χ2n) is 8.51. The third kappa shape index (κ3) is 3.79. The maximum atomic E-state index is 14.7. The second-order valence-corrected chi connectivity index (χ2v) is 8.51. The molecule has 5 rings (SSSR count). The summed E-state index contributed by atoms with van der Waals surface area (Å²) in [5.74, 6) is 0.868. The van der Waals surface area contributed by atoms with Gasteiger partial charge in [0.25, 0.3) is 0 Å². The highest BCUT2D eigenvalue weighted by Crippen LogP contribution is 2.34. The number of benzene rings is 3. The van der Waals surface area contributed by atoms with Crippen LogP contribution >= 0.6 is 0 Å². The number of hydrogen-bond acceptors (Lipinski definition) is 5. The molecule has 0 N–H and O–H groups in total. The number of nitriles is 1. The molecule has 2 heterocycles. The van der Waals surface area contributed by atoms with E-state index in [2.05, 4.69) is 6.07 Å². The molecular formula is C27H25FN4O3. The van der Waals surface area contributed by atoms with Gasteiger partial charge in [0.1, 0.15) is 28.9 Å². The Morgan fingerprint density at radius 1 is 1.03 bits per heavy atom. The molecule has 1 fully saturated rings. The summed E-state index contributed by atoms with van der Waals surface area (Å²) < 4.78 is 29.3. The molecule has 0 unspecified atom stereocenters. The summed E-state index contributed by atoms with van der Waals surface area (Å²) in [4.78, 5) is 15.7. The van der Waals surface area contributed by atoms with Crippen LogP contribution in [0.15, 0.2) is 65.5 Å². The van der Waals surface area contributed by atoms with Crippen molar-refractivity contribution in [3.8, 4) is 17.6 Å². The molecular weight excluding hydrogens is 447 g/mol. The van der Waals surface area contributed by atoms with E-state index in [-0.39, 0.29) is 11.7 Å². The summed E-state index contributed by atoms with van der Waals surface area (Å²) in [6.07, 6.45) is 0.643. The van der Waals surface area contributed by atoms with Crippen LogP contribution in [0, 0.1) is 17.1 Å². The van der Waals surface area contributed by atoms with Gasteiger partial charge in [-0.2, -0.15) is 5.26 Å². The third-order valence-electron chi connectivity index (χ3n) is 6.64. The van der Waals surface area contributed by atoms with Crippen molar-refractivity contribution in [1.29, 1.82) is 5.26 Å². The third-order valence-corrected chi connectivity index (χ3v) is 6.64. The minimum absolute atomic E-state index is 0.170. The van der Waals surface area contributed by atoms with E-state index in [4.69, 9.17) is 9.47 Å². The van der Waals surface area contributed by atoms with Crippen LogP contribution in [0.3, 0.4) is 0 Å². The number of methoxy groups -OCH3 is 2. The van der Waals surface area contributed by atoms with Crippen molar-refractivity contribution in [2.75, 3.05) is 32.2 Å². The lowest BCUT2D eigenvalue weighted by atomic mass is 10.1. The molecule has 8 heteroatoms. The molecule has 35 heavy (non-hydrogen) atoms. The van der Waals surface area contributed by atoms with Crippen LogP contribution in [-0.4, -0.2) is 36.4 Å². The Hall–Kier alpha value is -4.25. The fourth-order valence-corrected chi connectivity index (χ4v) is 5.06. The molecule has 7 nitrogen and oxygen atoms in total. The molecule has 0 saturated carbocycles. The van der Waals surface area contributed by atoms with Crippen molar-refractivity contribution in [3.05, 3.63) is 88.1 Å². The van der Waals surface area contributed by atoms with E-state index in [1.165, 1.54) is 12.1 Å². The molecule has 1 aliphatic rings. The lowest BCUT2D eigenvalue weighted by Gasteiger charge is -2.21. The first-order valence-electron chi connectivity index (χ1n) is 11.4. The first-order valence-corrected chi connectivity index (χ1v) is 11.4. The number of nitrogens with zero attached hydrogens (tertiary/aromatic N) is 4. The maximum absolute atomic E-state index is 14.7. The summed E-state index contributed by atoms with van der Waals surface area (Å²) in [6, 6.07) is 19.6. The quantitative estimate of drug-likeness (QED) is 0.418. The predicted molar refractivity (Wildman–Crippen MR) is 132 cm³/mol. The zero-order chi connectivity index (χ0) is 24.5. The van der Waals surface area contributed by atoms with Gasteiger partial charge in [-0.05, 0) is 36.8 Å². The SMILES string of the molecule is COc1ccccc1Cn1c(=O)n([C@@H]2CCN(c3c(F)cccc3C#N)C2)c2cccc(OC)c21. The lowest BCUT2D eigenvalue weighted by Crippen LogP contribution is -2.30. The smallest absolute Gasteiger partial charge is 0.329 e. The van der Waals surface area contributed by atoms with E-state index < -0.39 is 5.82 Å². The van der Waals surface area contributed by atoms with Crippen molar-refractivity contribution in [2.24, 2.45) is 0 Å². The van der Waals surface area contributed by atoms with Gasteiger partial charge in [-0.1, -0.05) is 30.3 Å². The molecule has 0 radical (unpaired) electrons. The summed E-state index contributed by atoms with van der Waals surface area (Å²) >= 11 is 0. The number of hydrogen-bond donors (Lipinski definition) is 0. The summed E-state index contributed by atoms with van der Waals surface area (Å²) in [7, 11) is 3.19. The fraction of sp³-hybridized carbons (Fsp3) is 0.259. The Balaban J connectivity index is 1.60. The van der Waals surface area contributed by atoms with E-state index in [0.717, 1.165) is 11.1 Å². The minimum Gasteiger partial charge on any atom is -0.496 e. The van der Waals surface area contributed by atoms with Gasteiger partial charge in [0.05, 0.1) is 43.6 Å². The molecule has 1 aliphatic heterocycles. The van der Waals surface area contributed by atoms with E-state index in [0.29, 0.717) is 54.3 Å². The highest BCUT2D eigenvalue weighted by Gasteiger charge is 2.31. The average Bonchev–Trinajstić information content (AvgIpc) is 3.46. The minimum atomic E-state index is -0.433. The molecule has 4 aromatic rings. The van der Waals surface area contributed by atoms with Crippen molar-refractivity contribution in [3.63, 3.8) is 0 Å². The van der Waals surface area contributed by atoms with Crippen LogP contribution in [-0.2, 0) is 6.54 Å². The van der Waals surface area contributed by atoms with E-state index in [9.17, 15) is 14.4 Å². The topological polar surface area (TPSA) is 72.4 Å². The monoisotopic (exact) mass is 472 g/mol. The number of fused-ring (bicyclic) bond motifs is 1. The highest BCUT2D eigenvalue weighted by molar-refractivity contribution is 5.83. The Morgan fingerprint density at radius 2 is 1.77 bits per heavy atom. The van der Waals surface area contributed by atoms with E-state index in [1.54, 1.807) is 29.4 Å². The van der Waals surface area contributed by atoms with Crippen LogP contribution in [0.2, 0.25) is 0 Å². The van der Waals surface area contributed by atoms with Gasteiger partial charge in [-0.3, -0.25) is 9.13 Å². The van der Waals surface area contributed by atoms with Crippen molar-refractivity contribution in [2.45, 2.75) is 19.0 Å². The fourth-order valence-electron chi connectivity index (χ4n) is 5.06. The number of anilines is 1. The number of rotatable bonds is 6. The van der Waals surface area contributed by atoms with Gasteiger partial charge >= 0.3 is 5.69 Å². The van der Waals surface area contributed by atoms with Crippen molar-refractivity contribution in [1.82, 2.24) is 9.13 Å². The van der Waals surface area contributed by atoms with Crippen molar-refractivity contribution >= 4 is 16.7 Å². The van der Waals surface area contributed by atoms with E-state index >= 15 is 0 Å². The number of para-hydroxylation sites is 3. The molecule has 3 aromatic carbocycles. The largest absolute Gasteiger partial charge is 0.496 e. The van der Waals surface area contributed by atoms with Crippen LogP contribution in [0.4, 0.5) is 10.1 Å². The number of aromatic nitrogens is 2. The van der Waals surface area contributed by atoms with Crippen LogP contribution in [0.1, 0.15) is 23.6 Å². The molecule has 0 amide bonds. The molecule has 1 saturated heterocycles. The molecule has 0 bridgehead atoms. The number of imidazole rings is 1. The Morgan fingerprint density at radius 3 is 2.54 bits per heavy atom. The predicted octanol–water partition coefficient (Wildman–Crippen LogP) is 4.33. The van der Waals surface area contributed by atoms with E-state index in [1.807, 2.05) is 47.4 Å². The number of halogens is 1. The molecule has 1 atom stereocenters. The molecule has 1 aromatic heterocycles. The Bertz CT molecular complexity index is 1500. The average molecular weight is 473 g/mol. The van der Waals surface area contributed by atoms with Gasteiger partial charge in [0, 0.05) is 18.7 Å². The molecule has 0 aliphatic carbocycles. The lowest BCUT2D eigenvalue weighted by molar-refractivity contribution is 0.407. The van der Waals surface area contributed by atoms with Gasteiger partial charge in [-0.25, -0.2) is 9.18 Å². The zero-order valence-corrected chi connectivity index (χ0v) is 19.6. The summed E-state index contributed by atoms with van der Waals surface area (Å²) in [6.45, 7) is 1.27. The van der Waals surface area contributed by atoms with Gasteiger partial charge in [0.2, 0.25) is 0 Å². The molecule has 178 valence electrons. The molecule has 0 spiro atoms. The Labute approximate surface area is 202 Å². The normalized spacial score (nSPS) is 15.4. The standard InChI is InChI=1S/C27H25FN4O3/c1-34-23-11-4-3-7-19(23)16-31-26-22(10-6-12-24(26)35-2)32(27(31)33)20-13-14-30(17-20)25-18(15-29)8-5-9-21(25)28/h3-12,20H,13-14,16-17H2,1-2H3/t20-/m1/s1. The van der Waals surface area contributed by atoms with Gasteiger partial charge < -0.3 is 14.4 Å². The van der Waals surface area contributed by atoms with Gasteiger partial charge in [0.15, 0.2) is 0 Å². The maximum Gasteiger partial charge on any atom is 0.329 e. The van der Waals surface area contributed by atoms with Crippen LogP contribution in [0.25, 0.3) is 11.0 Å². The Kier molecular flexibility index (Phi) is 5.91. The van der Waals surface area contributed by atoms with Crippen molar-refractivity contribution < 1.29 is 13.9 Å². The first kappa shape index (κ1) is 22.5. The zero-order valence-electron chi connectivity index (χ0n) is 19.6. The highest BCUT2D eigenvalue weighted by atomic mass is 19.1. The number of ether oxygens (including phenoxy) is 2. The summed E-state index contributed by atoms with van der Waals surface area (Å²) in [5.41, 5.74) is 2.74. The summed E-state index contributed by atoms with van der Waals surface area (Å²) in [5, 5.41) is 9.49. The van der Waals surface area contributed by atoms with Crippen LogP contribution in [0.5, 0.6) is 11.5 Å².